The van der Waals surface area contributed by atoms with E-state index in [9.17, 15) is 5.11 Å². The molecule has 0 atom stereocenters. The summed E-state index contributed by atoms with van der Waals surface area (Å²) in [7, 11) is 2.09. The molecule has 0 spiro atoms. The van der Waals surface area contributed by atoms with Crippen molar-refractivity contribution < 1.29 is 5.11 Å². The van der Waals surface area contributed by atoms with E-state index in [1.54, 1.807) is 6.08 Å². The van der Waals surface area contributed by atoms with Crippen molar-refractivity contribution >= 4 is 0 Å². The standard InChI is InChI=1S/C12H21NO/c1-4-6-11(5-2)12(14)7-9-13(3)10-8-12/h5-6,14H,2,4,7-10H2,1,3H3/b11-6+. The van der Waals surface area contributed by atoms with Crippen molar-refractivity contribution in [3.05, 3.63) is 24.3 Å². The van der Waals surface area contributed by atoms with Crippen LogP contribution in [0.4, 0.5) is 0 Å². The maximum atomic E-state index is 10.4. The monoisotopic (exact) mass is 195 g/mol. The molecule has 0 radical (unpaired) electrons. The Kier molecular flexibility index (Phi) is 3.90. The summed E-state index contributed by atoms with van der Waals surface area (Å²) in [6.45, 7) is 7.79. The highest BCUT2D eigenvalue weighted by Crippen LogP contribution is 2.29. The minimum absolute atomic E-state index is 0.621. The molecule has 80 valence electrons. The maximum absolute atomic E-state index is 10.4. The van der Waals surface area contributed by atoms with Gasteiger partial charge >= 0.3 is 0 Å². The molecule has 1 rings (SSSR count). The van der Waals surface area contributed by atoms with Gasteiger partial charge in [-0.25, -0.2) is 0 Å². The van der Waals surface area contributed by atoms with Crippen molar-refractivity contribution in [2.75, 3.05) is 20.1 Å². The minimum atomic E-state index is -0.621. The zero-order chi connectivity index (χ0) is 10.6. The Morgan fingerprint density at radius 1 is 1.50 bits per heavy atom. The van der Waals surface area contributed by atoms with Crippen LogP contribution in [0.2, 0.25) is 0 Å². The molecule has 0 saturated carbocycles. The number of piperidine rings is 1. The van der Waals surface area contributed by atoms with Crippen LogP contribution in [0.3, 0.4) is 0 Å². The number of hydrogen-bond acceptors (Lipinski definition) is 2. The van der Waals surface area contributed by atoms with E-state index >= 15 is 0 Å². The molecule has 2 heteroatoms. The molecule has 0 bridgehead atoms. The molecule has 14 heavy (non-hydrogen) atoms. The molecule has 0 aromatic heterocycles. The lowest BCUT2D eigenvalue weighted by Gasteiger charge is -2.37. The van der Waals surface area contributed by atoms with Crippen LogP contribution in [0.1, 0.15) is 26.2 Å². The van der Waals surface area contributed by atoms with Crippen molar-refractivity contribution in [2.24, 2.45) is 0 Å². The highest BCUT2D eigenvalue weighted by Gasteiger charge is 2.33. The zero-order valence-electron chi connectivity index (χ0n) is 9.29. The van der Waals surface area contributed by atoms with Gasteiger partial charge in [-0.1, -0.05) is 25.7 Å². The van der Waals surface area contributed by atoms with E-state index in [4.69, 9.17) is 0 Å². The Balaban J connectivity index is 2.73. The number of nitrogens with zero attached hydrogens (tertiary/aromatic N) is 1. The first-order valence-corrected chi connectivity index (χ1v) is 5.36. The van der Waals surface area contributed by atoms with Crippen molar-refractivity contribution in [3.8, 4) is 0 Å². The van der Waals surface area contributed by atoms with E-state index in [1.165, 1.54) is 0 Å². The number of aliphatic hydroxyl groups is 1. The third-order valence-electron chi connectivity index (χ3n) is 3.00. The summed E-state index contributed by atoms with van der Waals surface area (Å²) in [6.07, 6.45) is 6.48. The predicted molar refractivity (Wildman–Crippen MR) is 60.3 cm³/mol. The minimum Gasteiger partial charge on any atom is -0.385 e. The van der Waals surface area contributed by atoms with Crippen LogP contribution in [-0.2, 0) is 0 Å². The Labute approximate surface area is 86.9 Å². The lowest BCUT2D eigenvalue weighted by molar-refractivity contribution is 0.0190. The lowest BCUT2D eigenvalue weighted by atomic mass is 9.83. The summed E-state index contributed by atoms with van der Waals surface area (Å²) in [5.74, 6) is 0. The van der Waals surface area contributed by atoms with E-state index < -0.39 is 5.60 Å². The van der Waals surface area contributed by atoms with Gasteiger partial charge < -0.3 is 10.0 Å². The third kappa shape index (κ3) is 2.46. The summed E-state index contributed by atoms with van der Waals surface area (Å²) in [5.41, 5.74) is 0.387. The lowest BCUT2D eigenvalue weighted by Crippen LogP contribution is -2.43. The number of allylic oxidation sites excluding steroid dienone is 1. The molecule has 0 unspecified atom stereocenters. The van der Waals surface area contributed by atoms with Crippen LogP contribution in [0.15, 0.2) is 24.3 Å². The summed E-state index contributed by atoms with van der Waals surface area (Å²) < 4.78 is 0. The highest BCUT2D eigenvalue weighted by atomic mass is 16.3. The molecule has 0 aliphatic carbocycles. The van der Waals surface area contributed by atoms with E-state index in [0.29, 0.717) is 0 Å². The molecular formula is C12H21NO. The molecule has 1 fully saturated rings. The fraction of sp³-hybridized carbons (Fsp3) is 0.667. The maximum Gasteiger partial charge on any atom is 0.0917 e. The molecule has 1 N–H and O–H groups in total. The smallest absolute Gasteiger partial charge is 0.0917 e. The van der Waals surface area contributed by atoms with E-state index in [0.717, 1.165) is 37.9 Å². The summed E-state index contributed by atoms with van der Waals surface area (Å²) in [4.78, 5) is 2.25. The molecular weight excluding hydrogens is 174 g/mol. The van der Waals surface area contributed by atoms with Crippen LogP contribution in [-0.4, -0.2) is 35.7 Å². The number of likely N-dealkylation sites (tertiary alicyclic amines) is 1. The molecule has 2 nitrogen and oxygen atoms in total. The molecule has 1 aliphatic rings. The first-order chi connectivity index (χ1) is 6.62. The molecule has 0 aromatic carbocycles. The van der Waals surface area contributed by atoms with Crippen LogP contribution in [0.5, 0.6) is 0 Å². The SMILES string of the molecule is C=C/C(=C\CC)C1(O)CCN(C)CC1. The van der Waals surface area contributed by atoms with Crippen LogP contribution in [0, 0.1) is 0 Å². The van der Waals surface area contributed by atoms with Gasteiger partial charge in [-0.3, -0.25) is 0 Å². The second-order valence-electron chi connectivity index (χ2n) is 4.11. The Bertz CT molecular complexity index is 224. The van der Waals surface area contributed by atoms with E-state index in [2.05, 4.69) is 31.5 Å². The van der Waals surface area contributed by atoms with Crippen molar-refractivity contribution in [2.45, 2.75) is 31.8 Å². The quantitative estimate of drug-likeness (QED) is 0.696. The second-order valence-corrected chi connectivity index (χ2v) is 4.11. The van der Waals surface area contributed by atoms with Gasteiger partial charge in [0.15, 0.2) is 0 Å². The first-order valence-electron chi connectivity index (χ1n) is 5.36. The van der Waals surface area contributed by atoms with Gasteiger partial charge in [0.25, 0.3) is 0 Å². The molecule has 1 heterocycles. The van der Waals surface area contributed by atoms with Gasteiger partial charge in [-0.15, -0.1) is 0 Å². The van der Waals surface area contributed by atoms with Crippen molar-refractivity contribution in [1.29, 1.82) is 0 Å². The normalized spacial score (nSPS) is 23.5. The van der Waals surface area contributed by atoms with Crippen LogP contribution >= 0.6 is 0 Å². The first kappa shape index (κ1) is 11.5. The fourth-order valence-electron chi connectivity index (χ4n) is 1.96. The topological polar surface area (TPSA) is 23.5 Å². The van der Waals surface area contributed by atoms with Crippen LogP contribution < -0.4 is 0 Å². The largest absolute Gasteiger partial charge is 0.385 e. The Morgan fingerprint density at radius 3 is 2.50 bits per heavy atom. The molecule has 0 amide bonds. The van der Waals surface area contributed by atoms with Gasteiger partial charge in [-0.05, 0) is 31.9 Å². The Morgan fingerprint density at radius 2 is 2.07 bits per heavy atom. The highest BCUT2D eigenvalue weighted by molar-refractivity contribution is 5.28. The van der Waals surface area contributed by atoms with E-state index in [1.807, 2.05) is 0 Å². The van der Waals surface area contributed by atoms with Crippen molar-refractivity contribution in [1.82, 2.24) is 4.90 Å². The number of hydrogen-bond donors (Lipinski definition) is 1. The van der Waals surface area contributed by atoms with E-state index in [-0.39, 0.29) is 0 Å². The van der Waals surface area contributed by atoms with Gasteiger partial charge in [0, 0.05) is 13.1 Å². The van der Waals surface area contributed by atoms with Gasteiger partial charge in [0.1, 0.15) is 0 Å². The van der Waals surface area contributed by atoms with Gasteiger partial charge in [0.05, 0.1) is 5.60 Å². The molecule has 1 aliphatic heterocycles. The third-order valence-corrected chi connectivity index (χ3v) is 3.00. The summed E-state index contributed by atoms with van der Waals surface area (Å²) in [5, 5.41) is 10.4. The fourth-order valence-corrected chi connectivity index (χ4v) is 1.96. The van der Waals surface area contributed by atoms with Gasteiger partial charge in [0.2, 0.25) is 0 Å². The van der Waals surface area contributed by atoms with Crippen molar-refractivity contribution in [3.63, 3.8) is 0 Å². The molecule has 1 saturated heterocycles. The number of rotatable bonds is 3. The average Bonchev–Trinajstić information content (AvgIpc) is 2.19. The zero-order valence-corrected chi connectivity index (χ0v) is 9.29. The average molecular weight is 195 g/mol. The second kappa shape index (κ2) is 4.76. The van der Waals surface area contributed by atoms with Gasteiger partial charge in [-0.2, -0.15) is 0 Å². The molecule has 0 aromatic rings. The predicted octanol–water partition coefficient (Wildman–Crippen LogP) is 1.97. The Hall–Kier alpha value is -0.600. The summed E-state index contributed by atoms with van der Waals surface area (Å²) in [6, 6.07) is 0. The van der Waals surface area contributed by atoms with Crippen LogP contribution in [0.25, 0.3) is 0 Å². The summed E-state index contributed by atoms with van der Waals surface area (Å²) >= 11 is 0.